The molecule has 0 unspecified atom stereocenters. The molecule has 0 atom stereocenters. The summed E-state index contributed by atoms with van der Waals surface area (Å²) in [6, 6.07) is 0. The summed E-state index contributed by atoms with van der Waals surface area (Å²) in [5, 5.41) is 0. The minimum absolute atomic E-state index is 0.0585. The van der Waals surface area contributed by atoms with E-state index in [0.717, 1.165) is 17.8 Å². The van der Waals surface area contributed by atoms with E-state index < -0.39 is 0 Å². The highest BCUT2D eigenvalue weighted by Crippen LogP contribution is 2.57. The van der Waals surface area contributed by atoms with Crippen molar-refractivity contribution in [1.29, 1.82) is 0 Å². The second-order valence-corrected chi connectivity index (χ2v) is 5.45. The Morgan fingerprint density at radius 1 is 1.00 bits per heavy atom. The molecule has 0 aliphatic heterocycles. The van der Waals surface area contributed by atoms with Crippen LogP contribution in [0.3, 0.4) is 0 Å². The van der Waals surface area contributed by atoms with Crippen LogP contribution >= 0.6 is 0 Å². The first-order valence-electron chi connectivity index (χ1n) is 5.75. The maximum atomic E-state index is 5.57. The molecule has 78 valence electrons. The fourth-order valence-corrected chi connectivity index (χ4v) is 4.27. The predicted octanol–water partition coefficient (Wildman–Crippen LogP) is 3.05. The molecule has 4 bridgehead atoms. The fraction of sp³-hybridized carbons (Fsp3) is 0.833. The maximum Gasteiger partial charge on any atom is 0.122 e. The van der Waals surface area contributed by atoms with Crippen LogP contribution < -0.4 is 0 Å². The largest absolute Gasteiger partial charge is 0.346 e. The van der Waals surface area contributed by atoms with Crippen LogP contribution in [0.2, 0.25) is 0 Å². The van der Waals surface area contributed by atoms with E-state index in [1.165, 1.54) is 44.8 Å². The highest BCUT2D eigenvalue weighted by molar-refractivity contribution is 5.02. The van der Waals surface area contributed by atoms with Crippen LogP contribution in [0.1, 0.15) is 38.5 Å². The van der Waals surface area contributed by atoms with Gasteiger partial charge in [-0.15, -0.1) is 0 Å². The molecule has 4 saturated carbocycles. The molecule has 0 radical (unpaired) electrons. The Labute approximate surface area is 85.2 Å². The van der Waals surface area contributed by atoms with Crippen molar-refractivity contribution < 1.29 is 9.78 Å². The second-order valence-electron chi connectivity index (χ2n) is 5.45. The van der Waals surface area contributed by atoms with Gasteiger partial charge in [0, 0.05) is 0 Å². The van der Waals surface area contributed by atoms with Crippen molar-refractivity contribution >= 4 is 0 Å². The smallest absolute Gasteiger partial charge is 0.122 e. The van der Waals surface area contributed by atoms with Gasteiger partial charge in [0.25, 0.3) is 0 Å². The molecule has 4 fully saturated rings. The molecule has 0 saturated heterocycles. The zero-order chi connectivity index (χ0) is 9.60. The van der Waals surface area contributed by atoms with E-state index in [0.29, 0.717) is 0 Å². The first kappa shape index (κ1) is 8.78. The van der Waals surface area contributed by atoms with Crippen LogP contribution in [0.4, 0.5) is 0 Å². The Morgan fingerprint density at radius 3 is 1.93 bits per heavy atom. The summed E-state index contributed by atoms with van der Waals surface area (Å²) in [6.45, 7) is 3.53. The van der Waals surface area contributed by atoms with Crippen LogP contribution in [-0.4, -0.2) is 5.60 Å². The molecule has 0 spiro atoms. The summed E-state index contributed by atoms with van der Waals surface area (Å²) in [4.78, 5) is 10.6. The van der Waals surface area contributed by atoms with Gasteiger partial charge < -0.3 is 4.89 Å². The molecule has 0 N–H and O–H groups in total. The van der Waals surface area contributed by atoms with Crippen molar-refractivity contribution in [2.45, 2.75) is 44.1 Å². The molecule has 4 aliphatic rings. The highest BCUT2D eigenvalue weighted by Gasteiger charge is 2.52. The van der Waals surface area contributed by atoms with Gasteiger partial charge >= 0.3 is 0 Å². The Bertz CT molecular complexity index is 211. The van der Waals surface area contributed by atoms with Crippen molar-refractivity contribution in [3.8, 4) is 0 Å². The summed E-state index contributed by atoms with van der Waals surface area (Å²) >= 11 is 0. The lowest BCUT2D eigenvalue weighted by Crippen LogP contribution is -2.51. The van der Waals surface area contributed by atoms with Gasteiger partial charge in [-0.1, -0.05) is 6.58 Å². The molecule has 14 heavy (non-hydrogen) atoms. The molecule has 4 rings (SSSR count). The molecule has 0 amide bonds. The van der Waals surface area contributed by atoms with Crippen molar-refractivity contribution in [2.24, 2.45) is 17.8 Å². The van der Waals surface area contributed by atoms with Gasteiger partial charge in [-0.25, -0.2) is 0 Å². The average Bonchev–Trinajstić information content (AvgIpc) is 2.12. The van der Waals surface area contributed by atoms with Gasteiger partial charge in [0.15, 0.2) is 0 Å². The third kappa shape index (κ3) is 1.28. The van der Waals surface area contributed by atoms with Crippen LogP contribution in [0, 0.1) is 17.8 Å². The molecule has 0 aromatic rings. The van der Waals surface area contributed by atoms with E-state index in [1.54, 1.807) is 0 Å². The highest BCUT2D eigenvalue weighted by atomic mass is 17.2. The lowest BCUT2D eigenvalue weighted by atomic mass is 9.54. The molecule has 0 heterocycles. The first-order valence-corrected chi connectivity index (χ1v) is 5.75. The monoisotopic (exact) mass is 194 g/mol. The van der Waals surface area contributed by atoms with E-state index in [4.69, 9.17) is 9.78 Å². The Balaban J connectivity index is 1.77. The van der Waals surface area contributed by atoms with Crippen molar-refractivity contribution in [1.82, 2.24) is 0 Å². The Kier molecular flexibility index (Phi) is 1.88. The van der Waals surface area contributed by atoms with Gasteiger partial charge in [-0.2, -0.15) is 4.89 Å². The van der Waals surface area contributed by atoms with Gasteiger partial charge in [-0.3, -0.25) is 0 Å². The minimum atomic E-state index is 0.0585. The lowest BCUT2D eigenvalue weighted by molar-refractivity contribution is -0.357. The van der Waals surface area contributed by atoms with Crippen molar-refractivity contribution in [3.63, 3.8) is 0 Å². The molecule has 2 heteroatoms. The second kappa shape index (κ2) is 2.99. The molecular formula is C12H18O2. The number of rotatable bonds is 3. The van der Waals surface area contributed by atoms with Crippen molar-refractivity contribution in [2.75, 3.05) is 0 Å². The summed E-state index contributed by atoms with van der Waals surface area (Å²) < 4.78 is 0. The van der Waals surface area contributed by atoms with Gasteiger partial charge in [0.1, 0.15) is 11.9 Å². The van der Waals surface area contributed by atoms with Crippen molar-refractivity contribution in [3.05, 3.63) is 12.8 Å². The Morgan fingerprint density at radius 2 is 1.50 bits per heavy atom. The number of hydrogen-bond donors (Lipinski definition) is 0. The normalized spacial score (nSPS) is 49.3. The van der Waals surface area contributed by atoms with E-state index in [-0.39, 0.29) is 5.60 Å². The predicted molar refractivity (Wildman–Crippen MR) is 53.3 cm³/mol. The van der Waals surface area contributed by atoms with Crippen LogP contribution in [0.15, 0.2) is 12.8 Å². The Hall–Kier alpha value is -0.500. The third-order valence-corrected chi connectivity index (χ3v) is 4.27. The summed E-state index contributed by atoms with van der Waals surface area (Å²) in [5.74, 6) is 2.74. The minimum Gasteiger partial charge on any atom is -0.346 e. The lowest BCUT2D eigenvalue weighted by Gasteiger charge is -2.54. The van der Waals surface area contributed by atoms with Gasteiger partial charge in [0.05, 0.1) is 0 Å². The van der Waals surface area contributed by atoms with E-state index in [1.807, 2.05) is 0 Å². The number of hydrogen-bond acceptors (Lipinski definition) is 2. The van der Waals surface area contributed by atoms with Gasteiger partial charge in [-0.05, 0) is 56.3 Å². The topological polar surface area (TPSA) is 18.5 Å². The molecule has 0 aromatic heterocycles. The summed E-state index contributed by atoms with van der Waals surface area (Å²) in [5.41, 5.74) is 0.0585. The maximum absolute atomic E-state index is 5.57. The zero-order valence-corrected chi connectivity index (χ0v) is 8.58. The van der Waals surface area contributed by atoms with Gasteiger partial charge in [0.2, 0.25) is 0 Å². The molecular weight excluding hydrogens is 176 g/mol. The average molecular weight is 194 g/mol. The van der Waals surface area contributed by atoms with E-state index in [9.17, 15) is 0 Å². The standard InChI is InChI=1S/C12H18O2/c1-2-13-14-12-6-9-3-10(7-12)5-11(4-9)8-12/h2,9-11H,1,3-8H2. The van der Waals surface area contributed by atoms with E-state index in [2.05, 4.69) is 6.58 Å². The molecule has 4 aliphatic carbocycles. The summed E-state index contributed by atoms with van der Waals surface area (Å²) in [6.07, 6.45) is 9.37. The van der Waals surface area contributed by atoms with Crippen LogP contribution in [-0.2, 0) is 9.78 Å². The molecule has 0 aromatic carbocycles. The van der Waals surface area contributed by atoms with E-state index >= 15 is 0 Å². The van der Waals surface area contributed by atoms with Crippen LogP contribution in [0.25, 0.3) is 0 Å². The SMILES string of the molecule is C=COOC12CC3CC(CC(C3)C1)C2. The first-order chi connectivity index (χ1) is 6.80. The molecule has 2 nitrogen and oxygen atoms in total. The quantitative estimate of drug-likeness (QED) is 0.390. The zero-order valence-electron chi connectivity index (χ0n) is 8.58. The third-order valence-electron chi connectivity index (χ3n) is 4.27. The fourth-order valence-electron chi connectivity index (χ4n) is 4.27. The van der Waals surface area contributed by atoms with Crippen LogP contribution in [0.5, 0.6) is 0 Å². The summed E-state index contributed by atoms with van der Waals surface area (Å²) in [7, 11) is 0.